The molecule has 1 rings (SSSR count). The van der Waals surface area contributed by atoms with Gasteiger partial charge in [-0.1, -0.05) is 0 Å². The molecular weight excluding hydrogens is 460 g/mol. The summed E-state index contributed by atoms with van der Waals surface area (Å²) in [6.45, 7) is 5.91. The highest BCUT2D eigenvalue weighted by Crippen LogP contribution is 2.40. The molecule has 0 aromatic heterocycles. The lowest BCUT2D eigenvalue weighted by Crippen LogP contribution is -2.09. The molecule has 0 aliphatic carbocycles. The zero-order valence-electron chi connectivity index (χ0n) is 20.8. The Hall–Kier alpha value is -3.30. The molecule has 0 spiro atoms. The highest BCUT2D eigenvalue weighted by molar-refractivity contribution is 5.82. The zero-order chi connectivity index (χ0) is 25.9. The van der Waals surface area contributed by atoms with Gasteiger partial charge < -0.3 is 28.4 Å². The monoisotopic (exact) mass is 496 g/mol. The molecule has 10 nitrogen and oxygen atoms in total. The third kappa shape index (κ3) is 13.9. The van der Waals surface area contributed by atoms with Gasteiger partial charge in [0.05, 0.1) is 45.2 Å². The predicted octanol–water partition coefficient (Wildman–Crippen LogP) is 3.67. The smallest absolute Gasteiger partial charge is 0.302 e. The number of hydrogen-bond donors (Lipinski definition) is 0. The highest BCUT2D eigenvalue weighted by atomic mass is 16.6. The maximum Gasteiger partial charge on any atom is 0.302 e. The Labute approximate surface area is 206 Å². The molecule has 0 bridgehead atoms. The lowest BCUT2D eigenvalue weighted by Gasteiger charge is -2.18. The first kappa shape index (κ1) is 29.7. The number of carbonyl (C=O) groups is 4. The van der Waals surface area contributed by atoms with Crippen LogP contribution >= 0.6 is 0 Å². The fourth-order valence-corrected chi connectivity index (χ4v) is 2.84. The van der Waals surface area contributed by atoms with Crippen molar-refractivity contribution in [3.8, 4) is 17.2 Å². The van der Waals surface area contributed by atoms with Crippen molar-refractivity contribution in [1.82, 2.24) is 0 Å². The van der Waals surface area contributed by atoms with Crippen LogP contribution in [0.15, 0.2) is 12.1 Å². The number of carbonyl (C=O) groups excluding carboxylic acids is 4. The normalized spacial score (nSPS) is 10.3. The molecule has 0 N–H and O–H groups in total. The molecule has 0 saturated heterocycles. The van der Waals surface area contributed by atoms with Gasteiger partial charge in [0.2, 0.25) is 5.75 Å². The van der Waals surface area contributed by atoms with E-state index >= 15 is 0 Å². The quantitative estimate of drug-likeness (QED) is 0.121. The molecule has 0 aliphatic rings. The standard InChI is InChI=1S/C25H36O10/c1-19(27)30-12-4-7-15-33-23-11-10-22(18-26)24(34-16-8-5-13-31-20(2)28)25(23)35-17-9-6-14-32-21(3)29/h10-11,18H,4-9,12-17H2,1-3H3. The van der Waals surface area contributed by atoms with Crippen molar-refractivity contribution in [3.05, 3.63) is 17.7 Å². The fraction of sp³-hybridized carbons (Fsp3) is 0.600. The van der Waals surface area contributed by atoms with Crippen LogP contribution in [0.4, 0.5) is 0 Å². The Morgan fingerprint density at radius 1 is 0.600 bits per heavy atom. The van der Waals surface area contributed by atoms with Crippen LogP contribution in [0.2, 0.25) is 0 Å². The topological polar surface area (TPSA) is 124 Å². The lowest BCUT2D eigenvalue weighted by molar-refractivity contribution is -0.142. The van der Waals surface area contributed by atoms with Crippen LogP contribution in [-0.4, -0.2) is 63.8 Å². The summed E-state index contributed by atoms with van der Waals surface area (Å²) in [5, 5.41) is 0. The van der Waals surface area contributed by atoms with Crippen LogP contribution in [0.3, 0.4) is 0 Å². The Morgan fingerprint density at radius 2 is 1.00 bits per heavy atom. The molecule has 0 saturated carbocycles. The van der Waals surface area contributed by atoms with E-state index in [9.17, 15) is 19.2 Å². The van der Waals surface area contributed by atoms with E-state index in [1.54, 1.807) is 12.1 Å². The van der Waals surface area contributed by atoms with Gasteiger partial charge in [-0.2, -0.15) is 0 Å². The van der Waals surface area contributed by atoms with Gasteiger partial charge in [0.1, 0.15) is 0 Å². The molecular formula is C25H36O10. The van der Waals surface area contributed by atoms with E-state index in [1.165, 1.54) is 20.8 Å². The first-order valence-corrected chi connectivity index (χ1v) is 11.8. The van der Waals surface area contributed by atoms with Crippen molar-refractivity contribution in [2.24, 2.45) is 0 Å². The Morgan fingerprint density at radius 3 is 1.43 bits per heavy atom. The van der Waals surface area contributed by atoms with Gasteiger partial charge in [-0.15, -0.1) is 0 Å². The maximum atomic E-state index is 11.6. The number of esters is 3. The highest BCUT2D eigenvalue weighted by Gasteiger charge is 2.18. The molecule has 0 fully saturated rings. The maximum absolute atomic E-state index is 11.6. The average Bonchev–Trinajstić information content (AvgIpc) is 2.80. The van der Waals surface area contributed by atoms with Crippen molar-refractivity contribution in [2.45, 2.75) is 59.3 Å². The van der Waals surface area contributed by atoms with Gasteiger partial charge in [-0.3, -0.25) is 19.2 Å². The van der Waals surface area contributed by atoms with Crippen molar-refractivity contribution in [2.75, 3.05) is 39.6 Å². The summed E-state index contributed by atoms with van der Waals surface area (Å²) >= 11 is 0. The molecule has 1 aromatic carbocycles. The molecule has 196 valence electrons. The third-order valence-electron chi connectivity index (χ3n) is 4.52. The fourth-order valence-electron chi connectivity index (χ4n) is 2.84. The van der Waals surface area contributed by atoms with E-state index in [1.807, 2.05) is 0 Å². The van der Waals surface area contributed by atoms with E-state index < -0.39 is 0 Å². The molecule has 0 radical (unpaired) electrons. The number of rotatable bonds is 19. The van der Waals surface area contributed by atoms with E-state index in [0.29, 0.717) is 94.9 Å². The minimum absolute atomic E-state index is 0.282. The molecule has 10 heteroatoms. The number of benzene rings is 1. The Bertz CT molecular complexity index is 806. The van der Waals surface area contributed by atoms with Crippen molar-refractivity contribution in [1.29, 1.82) is 0 Å². The van der Waals surface area contributed by atoms with Gasteiger partial charge in [0.25, 0.3) is 0 Å². The first-order valence-electron chi connectivity index (χ1n) is 11.8. The SMILES string of the molecule is CC(=O)OCCCCOc1ccc(C=O)c(OCCCCOC(C)=O)c1OCCCCOC(C)=O. The van der Waals surface area contributed by atoms with Gasteiger partial charge in [0, 0.05) is 20.8 Å². The molecule has 0 atom stereocenters. The summed E-state index contributed by atoms with van der Waals surface area (Å²) in [6, 6.07) is 3.25. The van der Waals surface area contributed by atoms with E-state index in [0.717, 1.165) is 0 Å². The number of aldehydes is 1. The average molecular weight is 497 g/mol. The summed E-state index contributed by atoms with van der Waals surface area (Å²) in [5.41, 5.74) is 0.321. The largest absolute Gasteiger partial charge is 0.490 e. The van der Waals surface area contributed by atoms with E-state index in [2.05, 4.69) is 0 Å². The van der Waals surface area contributed by atoms with E-state index in [-0.39, 0.29) is 30.3 Å². The van der Waals surface area contributed by atoms with Crippen LogP contribution in [0.5, 0.6) is 17.2 Å². The molecule has 0 amide bonds. The molecule has 0 heterocycles. The summed E-state index contributed by atoms with van der Waals surface area (Å²) < 4.78 is 32.5. The van der Waals surface area contributed by atoms with Gasteiger partial charge in [-0.25, -0.2) is 0 Å². The second-order valence-corrected chi connectivity index (χ2v) is 7.62. The van der Waals surface area contributed by atoms with Crippen LogP contribution in [0.1, 0.15) is 69.7 Å². The lowest BCUT2D eigenvalue weighted by atomic mass is 10.2. The molecule has 0 aliphatic heterocycles. The number of unbranched alkanes of at least 4 members (excludes halogenated alkanes) is 3. The second-order valence-electron chi connectivity index (χ2n) is 7.62. The van der Waals surface area contributed by atoms with Crippen molar-refractivity contribution >= 4 is 24.2 Å². The second kappa shape index (κ2) is 18.1. The minimum Gasteiger partial charge on any atom is -0.490 e. The van der Waals surface area contributed by atoms with Crippen molar-refractivity contribution < 1.29 is 47.6 Å². The molecule has 0 unspecified atom stereocenters. The van der Waals surface area contributed by atoms with Crippen LogP contribution in [0.25, 0.3) is 0 Å². The first-order chi connectivity index (χ1) is 16.8. The van der Waals surface area contributed by atoms with Crippen LogP contribution in [0, 0.1) is 0 Å². The number of ether oxygens (including phenoxy) is 6. The van der Waals surface area contributed by atoms with Crippen LogP contribution in [-0.2, 0) is 28.6 Å². The number of hydrogen-bond acceptors (Lipinski definition) is 10. The van der Waals surface area contributed by atoms with Gasteiger partial charge in [-0.05, 0) is 50.7 Å². The third-order valence-corrected chi connectivity index (χ3v) is 4.52. The molecule has 35 heavy (non-hydrogen) atoms. The van der Waals surface area contributed by atoms with Gasteiger partial charge >= 0.3 is 17.9 Å². The summed E-state index contributed by atoms with van der Waals surface area (Å²) in [7, 11) is 0. The van der Waals surface area contributed by atoms with Gasteiger partial charge in [0.15, 0.2) is 17.8 Å². The Kier molecular flexibility index (Phi) is 15.4. The summed E-state index contributed by atoms with van der Waals surface area (Å²) in [4.78, 5) is 44.3. The van der Waals surface area contributed by atoms with Crippen LogP contribution < -0.4 is 14.2 Å². The molecule has 1 aromatic rings. The van der Waals surface area contributed by atoms with Crippen molar-refractivity contribution in [3.63, 3.8) is 0 Å². The zero-order valence-corrected chi connectivity index (χ0v) is 20.8. The summed E-state index contributed by atoms with van der Waals surface area (Å²) in [6.07, 6.45) is 4.43. The predicted molar refractivity (Wildman–Crippen MR) is 126 cm³/mol. The Balaban J connectivity index is 2.78. The minimum atomic E-state index is -0.337. The summed E-state index contributed by atoms with van der Waals surface area (Å²) in [5.74, 6) is 0.0361. The van der Waals surface area contributed by atoms with E-state index in [4.69, 9.17) is 28.4 Å².